The van der Waals surface area contributed by atoms with Gasteiger partial charge < -0.3 is 9.47 Å². The number of esters is 1. The Hall–Kier alpha value is -2.95. The van der Waals surface area contributed by atoms with Crippen molar-refractivity contribution in [1.82, 2.24) is 0 Å². The number of ketones is 2. The highest BCUT2D eigenvalue weighted by atomic mass is 16.6. The minimum absolute atomic E-state index is 0.157. The van der Waals surface area contributed by atoms with Crippen molar-refractivity contribution in [2.24, 2.45) is 11.8 Å². The maximum absolute atomic E-state index is 12.6. The molecule has 4 aliphatic rings. The molecule has 1 aliphatic heterocycles. The monoisotopic (exact) mass is 434 g/mol. The summed E-state index contributed by atoms with van der Waals surface area (Å²) in [6, 6.07) is 16.3. The summed E-state index contributed by atoms with van der Waals surface area (Å²) in [6.07, 6.45) is 5.59. The molecule has 2 fully saturated rings. The van der Waals surface area contributed by atoms with Gasteiger partial charge in [-0.25, -0.2) is 0 Å². The van der Waals surface area contributed by atoms with Crippen LogP contribution in [-0.4, -0.2) is 30.2 Å². The van der Waals surface area contributed by atoms with Gasteiger partial charge in [0.15, 0.2) is 17.5 Å². The summed E-state index contributed by atoms with van der Waals surface area (Å²) < 4.78 is 11.0. The molecule has 5 nitrogen and oxygen atoms in total. The summed E-state index contributed by atoms with van der Waals surface area (Å²) in [5.74, 6) is -1.60. The minimum atomic E-state index is -1.23. The SMILES string of the molecule is COc1ccc(CCC2(C3CCCC3)CC(=O)C(C(C)=O)C(=O)O2)cc1.c1cc2cc-2c1. The quantitative estimate of drug-likeness (QED) is 0.406. The molecule has 2 atom stereocenters. The van der Waals surface area contributed by atoms with E-state index in [1.54, 1.807) is 7.11 Å². The van der Waals surface area contributed by atoms with Crippen LogP contribution in [0.25, 0.3) is 11.1 Å². The van der Waals surface area contributed by atoms with Gasteiger partial charge in [0.05, 0.1) is 7.11 Å². The zero-order chi connectivity index (χ0) is 22.7. The summed E-state index contributed by atoms with van der Waals surface area (Å²) >= 11 is 0. The standard InChI is InChI=1S/C21H26O5.C6H4/c1-14(22)19-18(23)13-21(26-20(19)24,16-5-3-4-6-16)12-11-15-7-9-17(25-2)10-8-15;1-2-5-4-6(5)3-1/h7-10,16,19H,3-6,11-13H2,1-2H3;1-4H. The number of methoxy groups -OCH3 is 1. The van der Waals surface area contributed by atoms with Crippen LogP contribution in [0.15, 0.2) is 48.5 Å². The van der Waals surface area contributed by atoms with E-state index < -0.39 is 23.3 Å². The summed E-state index contributed by atoms with van der Waals surface area (Å²) in [4.78, 5) is 36.7. The van der Waals surface area contributed by atoms with Crippen LogP contribution in [-0.2, 0) is 25.5 Å². The highest BCUT2D eigenvalue weighted by Crippen LogP contribution is 2.45. The number of Topliss-reactive ketones (excluding diaryl/α,β-unsaturated/α-hetero) is 2. The molecular weight excluding hydrogens is 404 g/mol. The number of rotatable bonds is 6. The Bertz CT molecular complexity index is 966. The second kappa shape index (κ2) is 9.27. The van der Waals surface area contributed by atoms with E-state index in [0.717, 1.165) is 37.0 Å². The van der Waals surface area contributed by atoms with Gasteiger partial charge in [0.2, 0.25) is 0 Å². The number of benzene rings is 2. The lowest BCUT2D eigenvalue weighted by atomic mass is 9.73. The molecular formula is C27H30O5. The van der Waals surface area contributed by atoms with E-state index in [9.17, 15) is 14.4 Å². The van der Waals surface area contributed by atoms with Gasteiger partial charge in [0, 0.05) is 6.42 Å². The molecule has 0 aromatic heterocycles. The van der Waals surface area contributed by atoms with Crippen molar-refractivity contribution in [2.75, 3.05) is 7.11 Å². The molecule has 0 spiro atoms. The Morgan fingerprint density at radius 3 is 2.19 bits per heavy atom. The van der Waals surface area contributed by atoms with Crippen LogP contribution in [0.2, 0.25) is 0 Å². The lowest BCUT2D eigenvalue weighted by Crippen LogP contribution is -2.53. The molecule has 168 valence electrons. The number of cyclic esters (lactones) is 1. The topological polar surface area (TPSA) is 69.7 Å². The van der Waals surface area contributed by atoms with Crippen molar-refractivity contribution in [3.05, 3.63) is 54.1 Å². The van der Waals surface area contributed by atoms with Crippen molar-refractivity contribution in [2.45, 2.75) is 57.5 Å². The molecule has 32 heavy (non-hydrogen) atoms. The summed E-state index contributed by atoms with van der Waals surface area (Å²) in [5, 5.41) is 0. The summed E-state index contributed by atoms with van der Waals surface area (Å²) in [6.45, 7) is 1.28. The first-order valence-corrected chi connectivity index (χ1v) is 11.4. The van der Waals surface area contributed by atoms with Crippen LogP contribution in [0.1, 0.15) is 51.0 Å². The molecule has 1 saturated heterocycles. The Morgan fingerprint density at radius 2 is 1.72 bits per heavy atom. The molecule has 0 N–H and O–H groups in total. The van der Waals surface area contributed by atoms with E-state index in [1.165, 1.54) is 18.1 Å². The average Bonchev–Trinajstić information content (AvgIpc) is 3.16. The van der Waals surface area contributed by atoms with E-state index in [1.807, 2.05) is 24.3 Å². The van der Waals surface area contributed by atoms with Crippen molar-refractivity contribution >= 4 is 17.5 Å². The molecule has 5 rings (SSSR count). The van der Waals surface area contributed by atoms with Crippen LogP contribution >= 0.6 is 0 Å². The predicted molar refractivity (Wildman–Crippen MR) is 121 cm³/mol. The largest absolute Gasteiger partial charge is 0.497 e. The van der Waals surface area contributed by atoms with Crippen LogP contribution in [0.5, 0.6) is 5.75 Å². The molecule has 2 unspecified atom stereocenters. The Balaban J connectivity index is 0.000000346. The second-order valence-electron chi connectivity index (χ2n) is 9.08. The fourth-order valence-electron chi connectivity index (χ4n) is 5.06. The minimum Gasteiger partial charge on any atom is -0.497 e. The first kappa shape index (κ1) is 22.3. The molecule has 0 radical (unpaired) electrons. The van der Waals surface area contributed by atoms with E-state index in [0.29, 0.717) is 12.8 Å². The summed E-state index contributed by atoms with van der Waals surface area (Å²) in [7, 11) is 1.63. The van der Waals surface area contributed by atoms with Crippen molar-refractivity contribution in [3.63, 3.8) is 0 Å². The maximum atomic E-state index is 12.6. The van der Waals surface area contributed by atoms with Gasteiger partial charge in [0.25, 0.3) is 0 Å². The van der Waals surface area contributed by atoms with E-state index in [-0.39, 0.29) is 18.1 Å². The first-order valence-electron chi connectivity index (χ1n) is 11.4. The zero-order valence-corrected chi connectivity index (χ0v) is 18.8. The van der Waals surface area contributed by atoms with Crippen molar-refractivity contribution in [3.8, 4) is 16.9 Å². The normalized spacial score (nSPS) is 23.8. The maximum Gasteiger partial charge on any atom is 0.324 e. The Kier molecular flexibility index (Phi) is 6.45. The lowest BCUT2D eigenvalue weighted by Gasteiger charge is -2.42. The van der Waals surface area contributed by atoms with E-state index in [4.69, 9.17) is 9.47 Å². The van der Waals surface area contributed by atoms with Gasteiger partial charge in [-0.3, -0.25) is 14.4 Å². The molecule has 1 aromatic rings. The fraction of sp³-hybridized carbons (Fsp3) is 0.444. The first-order chi connectivity index (χ1) is 15.4. The van der Waals surface area contributed by atoms with Crippen LogP contribution in [0.4, 0.5) is 0 Å². The molecule has 5 heteroatoms. The number of hydrogen-bond acceptors (Lipinski definition) is 5. The van der Waals surface area contributed by atoms with Crippen LogP contribution in [0, 0.1) is 11.8 Å². The van der Waals surface area contributed by atoms with E-state index >= 15 is 0 Å². The lowest BCUT2D eigenvalue weighted by molar-refractivity contribution is -0.186. The van der Waals surface area contributed by atoms with Crippen molar-refractivity contribution in [1.29, 1.82) is 0 Å². The molecule has 0 amide bonds. The number of hydrogen-bond donors (Lipinski definition) is 0. The van der Waals surface area contributed by atoms with E-state index in [2.05, 4.69) is 24.3 Å². The smallest absolute Gasteiger partial charge is 0.324 e. The highest BCUT2D eigenvalue weighted by Gasteiger charge is 2.52. The number of ether oxygens (including phenoxy) is 2. The van der Waals surface area contributed by atoms with Crippen LogP contribution in [0.3, 0.4) is 0 Å². The van der Waals surface area contributed by atoms with Gasteiger partial charge >= 0.3 is 5.97 Å². The van der Waals surface area contributed by atoms with Crippen LogP contribution < -0.4 is 4.74 Å². The van der Waals surface area contributed by atoms with Gasteiger partial charge in [-0.2, -0.15) is 0 Å². The predicted octanol–water partition coefficient (Wildman–Crippen LogP) is 4.95. The van der Waals surface area contributed by atoms with Gasteiger partial charge in [-0.15, -0.1) is 0 Å². The fourth-order valence-corrected chi connectivity index (χ4v) is 5.06. The average molecular weight is 435 g/mol. The Labute approximate surface area is 189 Å². The molecule has 3 aliphatic carbocycles. The third-order valence-corrected chi connectivity index (χ3v) is 6.95. The Morgan fingerprint density at radius 1 is 1.06 bits per heavy atom. The third-order valence-electron chi connectivity index (χ3n) is 6.95. The number of aryl methyl sites for hydroxylation is 1. The summed E-state index contributed by atoms with van der Waals surface area (Å²) in [5.41, 5.74) is 3.20. The van der Waals surface area contributed by atoms with Gasteiger partial charge in [0.1, 0.15) is 11.4 Å². The van der Waals surface area contributed by atoms with Gasteiger partial charge in [-0.1, -0.05) is 43.2 Å². The van der Waals surface area contributed by atoms with Gasteiger partial charge in [-0.05, 0) is 73.4 Å². The molecule has 1 aromatic carbocycles. The number of fused-ring (bicyclic) bond motifs is 1. The zero-order valence-electron chi connectivity index (χ0n) is 18.8. The van der Waals surface area contributed by atoms with Crippen molar-refractivity contribution < 1.29 is 23.9 Å². The third kappa shape index (κ3) is 4.77. The second-order valence-corrected chi connectivity index (χ2v) is 9.08. The highest BCUT2D eigenvalue weighted by molar-refractivity contribution is 6.18. The molecule has 1 heterocycles. The number of carbonyl (C=O) groups excluding carboxylic acids is 3. The number of carbonyl (C=O) groups is 3. The molecule has 1 saturated carbocycles. The molecule has 0 bridgehead atoms.